The highest BCUT2D eigenvalue weighted by Crippen LogP contribution is 2.39. The summed E-state index contributed by atoms with van der Waals surface area (Å²) in [6.07, 6.45) is 2.97. The molecule has 29 heavy (non-hydrogen) atoms. The smallest absolute Gasteiger partial charge is 0.220 e. The number of hydrogen-bond donors (Lipinski definition) is 1. The molecular formula is C20H20F2N4O3. The monoisotopic (exact) mass is 402 g/mol. The van der Waals surface area contributed by atoms with Crippen LogP contribution in [-0.2, 0) is 4.74 Å². The van der Waals surface area contributed by atoms with Crippen LogP contribution in [0.4, 0.5) is 14.7 Å². The largest absolute Gasteiger partial charge is 0.494 e. The Hall–Kier alpha value is -3.07. The van der Waals surface area contributed by atoms with Crippen molar-refractivity contribution in [2.24, 2.45) is 0 Å². The predicted octanol–water partition coefficient (Wildman–Crippen LogP) is 3.46. The first-order chi connectivity index (χ1) is 14.0. The minimum Gasteiger partial charge on any atom is -0.494 e. The summed E-state index contributed by atoms with van der Waals surface area (Å²) in [7, 11) is 2.61. The van der Waals surface area contributed by atoms with Gasteiger partial charge in [-0.05, 0) is 18.9 Å². The van der Waals surface area contributed by atoms with Crippen molar-refractivity contribution in [3.05, 3.63) is 35.7 Å². The fourth-order valence-electron chi connectivity index (χ4n) is 3.57. The fraction of sp³-hybridized carbons (Fsp3) is 0.350. The fourth-order valence-corrected chi connectivity index (χ4v) is 3.57. The van der Waals surface area contributed by atoms with Crippen LogP contribution < -0.4 is 15.2 Å². The number of hydrogen-bond acceptors (Lipinski definition) is 7. The quantitative estimate of drug-likeness (QED) is 0.714. The SMILES string of the molecule is COc1cc(OC)c(F)c(-c2cc3cnc(N)nc3c(C3CCOCC3)n2)c1F. The van der Waals surface area contributed by atoms with Gasteiger partial charge in [-0.25, -0.2) is 18.7 Å². The summed E-state index contributed by atoms with van der Waals surface area (Å²) in [6, 6.07) is 2.70. The van der Waals surface area contributed by atoms with Crippen LogP contribution in [-0.4, -0.2) is 42.4 Å². The van der Waals surface area contributed by atoms with E-state index in [1.807, 2.05) is 0 Å². The first-order valence-corrected chi connectivity index (χ1v) is 9.14. The molecule has 3 aromatic rings. The average molecular weight is 402 g/mol. The molecule has 1 fully saturated rings. The Morgan fingerprint density at radius 3 is 2.31 bits per heavy atom. The van der Waals surface area contributed by atoms with E-state index in [2.05, 4.69) is 15.0 Å². The first-order valence-electron chi connectivity index (χ1n) is 9.14. The summed E-state index contributed by atoms with van der Waals surface area (Å²) < 4.78 is 45.6. The highest BCUT2D eigenvalue weighted by molar-refractivity contribution is 5.85. The van der Waals surface area contributed by atoms with Gasteiger partial charge >= 0.3 is 0 Å². The van der Waals surface area contributed by atoms with E-state index < -0.39 is 11.6 Å². The van der Waals surface area contributed by atoms with Gasteiger partial charge in [0.1, 0.15) is 0 Å². The molecule has 0 aliphatic carbocycles. The van der Waals surface area contributed by atoms with E-state index in [9.17, 15) is 0 Å². The second-order valence-electron chi connectivity index (χ2n) is 6.73. The number of ether oxygens (including phenoxy) is 3. The van der Waals surface area contributed by atoms with Crippen molar-refractivity contribution in [1.82, 2.24) is 15.0 Å². The lowest BCUT2D eigenvalue weighted by Crippen LogP contribution is -2.16. The molecule has 2 N–H and O–H groups in total. The Morgan fingerprint density at radius 2 is 1.69 bits per heavy atom. The molecule has 1 aliphatic rings. The van der Waals surface area contributed by atoms with Crippen molar-refractivity contribution < 1.29 is 23.0 Å². The van der Waals surface area contributed by atoms with Crippen molar-refractivity contribution in [3.63, 3.8) is 0 Å². The lowest BCUT2D eigenvalue weighted by molar-refractivity contribution is 0.0848. The van der Waals surface area contributed by atoms with Crippen molar-refractivity contribution in [3.8, 4) is 22.8 Å². The zero-order valence-electron chi connectivity index (χ0n) is 16.0. The van der Waals surface area contributed by atoms with Gasteiger partial charge < -0.3 is 19.9 Å². The predicted molar refractivity (Wildman–Crippen MR) is 103 cm³/mol. The Bertz CT molecular complexity index is 1040. The van der Waals surface area contributed by atoms with E-state index in [0.717, 1.165) is 12.8 Å². The van der Waals surface area contributed by atoms with Gasteiger partial charge in [0, 0.05) is 36.8 Å². The minimum atomic E-state index is -0.855. The van der Waals surface area contributed by atoms with Crippen molar-refractivity contribution in [2.45, 2.75) is 18.8 Å². The maximum Gasteiger partial charge on any atom is 0.220 e. The lowest BCUT2D eigenvalue weighted by atomic mass is 9.93. The van der Waals surface area contributed by atoms with E-state index in [1.165, 1.54) is 32.5 Å². The van der Waals surface area contributed by atoms with Gasteiger partial charge in [0.25, 0.3) is 0 Å². The average Bonchev–Trinajstić information content (AvgIpc) is 2.74. The third-order valence-electron chi connectivity index (χ3n) is 5.05. The van der Waals surface area contributed by atoms with Crippen molar-refractivity contribution >= 4 is 16.9 Å². The van der Waals surface area contributed by atoms with Crippen molar-refractivity contribution in [2.75, 3.05) is 33.2 Å². The standard InChI is InChI=1S/C20H20F2N4O3/c1-27-13-8-14(28-2)17(22)15(16(13)21)12-7-11-9-24-20(23)26-19(11)18(25-12)10-3-5-29-6-4-10/h7-10H,3-6H2,1-2H3,(H2,23,24,26). The molecule has 2 aromatic heterocycles. The van der Waals surface area contributed by atoms with E-state index in [1.54, 1.807) is 0 Å². The van der Waals surface area contributed by atoms with E-state index >= 15 is 8.78 Å². The summed E-state index contributed by atoms with van der Waals surface area (Å²) in [6.45, 7) is 1.16. The molecule has 1 saturated heterocycles. The molecule has 1 aromatic carbocycles. The molecule has 0 radical (unpaired) electrons. The first kappa shape index (κ1) is 19.3. The Morgan fingerprint density at radius 1 is 1.03 bits per heavy atom. The minimum absolute atomic E-state index is 0.0270. The van der Waals surface area contributed by atoms with Crippen LogP contribution in [0.2, 0.25) is 0 Å². The summed E-state index contributed by atoms with van der Waals surface area (Å²) >= 11 is 0. The second-order valence-corrected chi connectivity index (χ2v) is 6.73. The zero-order chi connectivity index (χ0) is 20.5. The normalized spacial score (nSPS) is 14.9. The highest BCUT2D eigenvalue weighted by Gasteiger charge is 2.26. The molecule has 0 atom stereocenters. The maximum absolute atomic E-state index is 15.0. The van der Waals surface area contributed by atoms with Gasteiger partial charge in [0.05, 0.1) is 36.7 Å². The Balaban J connectivity index is 1.99. The molecule has 0 amide bonds. The van der Waals surface area contributed by atoms with Gasteiger partial charge in [0.15, 0.2) is 23.1 Å². The van der Waals surface area contributed by atoms with Crippen LogP contribution in [0.25, 0.3) is 22.2 Å². The number of nitrogens with two attached hydrogens (primary N) is 1. The molecule has 1 aliphatic heterocycles. The summed E-state index contributed by atoms with van der Waals surface area (Å²) in [5.41, 5.74) is 6.75. The van der Waals surface area contributed by atoms with Gasteiger partial charge in [-0.15, -0.1) is 0 Å². The molecule has 3 heterocycles. The van der Waals surface area contributed by atoms with Crippen LogP contribution in [0, 0.1) is 11.6 Å². The molecule has 9 heteroatoms. The number of anilines is 1. The molecule has 0 bridgehead atoms. The molecule has 4 rings (SSSR count). The summed E-state index contributed by atoms with van der Waals surface area (Å²) in [4.78, 5) is 13.0. The molecule has 7 nitrogen and oxygen atoms in total. The number of methoxy groups -OCH3 is 2. The van der Waals surface area contributed by atoms with Crippen LogP contribution in [0.15, 0.2) is 18.3 Å². The third-order valence-corrected chi connectivity index (χ3v) is 5.05. The molecule has 0 spiro atoms. The number of fused-ring (bicyclic) bond motifs is 1. The third kappa shape index (κ3) is 3.42. The van der Waals surface area contributed by atoms with Crippen LogP contribution in [0.3, 0.4) is 0 Å². The molecule has 152 valence electrons. The van der Waals surface area contributed by atoms with E-state index in [0.29, 0.717) is 29.8 Å². The number of pyridine rings is 1. The maximum atomic E-state index is 15.0. The van der Waals surface area contributed by atoms with Crippen LogP contribution in [0.5, 0.6) is 11.5 Å². The number of aromatic nitrogens is 3. The van der Waals surface area contributed by atoms with Gasteiger partial charge in [-0.1, -0.05) is 0 Å². The summed E-state index contributed by atoms with van der Waals surface area (Å²) in [5.74, 6) is -1.85. The zero-order valence-corrected chi connectivity index (χ0v) is 16.0. The van der Waals surface area contributed by atoms with Crippen molar-refractivity contribution in [1.29, 1.82) is 0 Å². The topological polar surface area (TPSA) is 92.4 Å². The van der Waals surface area contributed by atoms with E-state index in [4.69, 9.17) is 19.9 Å². The second kappa shape index (κ2) is 7.75. The van der Waals surface area contributed by atoms with Crippen LogP contribution in [0.1, 0.15) is 24.5 Å². The van der Waals surface area contributed by atoms with Crippen LogP contribution >= 0.6 is 0 Å². The molecule has 0 unspecified atom stereocenters. The Kier molecular flexibility index (Phi) is 5.14. The molecule has 0 saturated carbocycles. The molecular weight excluding hydrogens is 382 g/mol. The van der Waals surface area contributed by atoms with E-state index in [-0.39, 0.29) is 34.6 Å². The number of benzene rings is 1. The summed E-state index contributed by atoms with van der Waals surface area (Å²) in [5, 5.41) is 0.589. The van der Waals surface area contributed by atoms with Gasteiger partial charge in [-0.3, -0.25) is 4.98 Å². The van der Waals surface area contributed by atoms with Gasteiger partial charge in [-0.2, -0.15) is 0 Å². The number of nitrogens with zero attached hydrogens (tertiary/aromatic N) is 3. The lowest BCUT2D eigenvalue weighted by Gasteiger charge is -2.23. The number of nitrogen functional groups attached to an aromatic ring is 1. The Labute approximate surface area is 165 Å². The number of halogens is 2. The van der Waals surface area contributed by atoms with Gasteiger partial charge in [0.2, 0.25) is 5.95 Å². The number of rotatable bonds is 4. The highest BCUT2D eigenvalue weighted by atomic mass is 19.1.